The van der Waals surface area contributed by atoms with Crippen LogP contribution >= 0.6 is 11.3 Å². The number of hydrogen-bond donors (Lipinski definition) is 1. The van der Waals surface area contributed by atoms with Crippen molar-refractivity contribution in [2.45, 2.75) is 44.9 Å². The van der Waals surface area contributed by atoms with Gasteiger partial charge in [0.2, 0.25) is 5.91 Å². The Hall–Kier alpha value is -1.41. The highest BCUT2D eigenvalue weighted by atomic mass is 32.1. The SMILES string of the molecule is N#CCC(=O)NCCCc1nc2c(s1)CCCC2. The van der Waals surface area contributed by atoms with E-state index in [2.05, 4.69) is 10.3 Å². The van der Waals surface area contributed by atoms with Gasteiger partial charge in [-0.05, 0) is 32.1 Å². The molecule has 1 heterocycles. The van der Waals surface area contributed by atoms with E-state index in [1.54, 1.807) is 0 Å². The molecule has 1 N–H and O–H groups in total. The molecule has 1 aliphatic rings. The molecule has 0 aromatic carbocycles. The van der Waals surface area contributed by atoms with Crippen LogP contribution < -0.4 is 5.32 Å². The van der Waals surface area contributed by atoms with Gasteiger partial charge in [-0.25, -0.2) is 4.98 Å². The zero-order valence-electron chi connectivity index (χ0n) is 10.4. The monoisotopic (exact) mass is 263 g/mol. The van der Waals surface area contributed by atoms with E-state index >= 15 is 0 Å². The maximum absolute atomic E-state index is 11.1. The van der Waals surface area contributed by atoms with Crippen molar-refractivity contribution in [3.8, 4) is 6.07 Å². The van der Waals surface area contributed by atoms with Gasteiger partial charge >= 0.3 is 0 Å². The van der Waals surface area contributed by atoms with Crippen LogP contribution in [0, 0.1) is 11.3 Å². The summed E-state index contributed by atoms with van der Waals surface area (Å²) in [5, 5.41) is 12.3. The van der Waals surface area contributed by atoms with Crippen LogP contribution in [-0.4, -0.2) is 17.4 Å². The molecule has 96 valence electrons. The number of nitrogens with one attached hydrogen (secondary N) is 1. The first-order valence-electron chi connectivity index (χ1n) is 6.40. The molecule has 0 unspecified atom stereocenters. The molecule has 5 heteroatoms. The van der Waals surface area contributed by atoms with E-state index in [-0.39, 0.29) is 12.3 Å². The van der Waals surface area contributed by atoms with E-state index in [0.29, 0.717) is 6.54 Å². The molecule has 0 spiro atoms. The molecule has 2 rings (SSSR count). The lowest BCUT2D eigenvalue weighted by molar-refractivity contribution is -0.120. The molecule has 1 aromatic rings. The second-order valence-corrected chi connectivity index (χ2v) is 5.64. The van der Waals surface area contributed by atoms with Gasteiger partial charge < -0.3 is 5.32 Å². The summed E-state index contributed by atoms with van der Waals surface area (Å²) >= 11 is 1.83. The van der Waals surface area contributed by atoms with Crippen molar-refractivity contribution in [2.75, 3.05) is 6.54 Å². The fourth-order valence-corrected chi connectivity index (χ4v) is 3.31. The van der Waals surface area contributed by atoms with Crippen molar-refractivity contribution in [1.29, 1.82) is 5.26 Å². The zero-order valence-corrected chi connectivity index (χ0v) is 11.2. The van der Waals surface area contributed by atoms with E-state index < -0.39 is 0 Å². The lowest BCUT2D eigenvalue weighted by Crippen LogP contribution is -2.23. The second kappa shape index (κ2) is 6.50. The number of rotatable bonds is 5. The van der Waals surface area contributed by atoms with E-state index in [4.69, 9.17) is 5.26 Å². The number of carbonyl (C=O) groups excluding carboxylic acids is 1. The van der Waals surface area contributed by atoms with Gasteiger partial charge in [0.15, 0.2) is 0 Å². The quantitative estimate of drug-likeness (QED) is 0.826. The molecule has 0 bridgehead atoms. The minimum Gasteiger partial charge on any atom is -0.355 e. The summed E-state index contributed by atoms with van der Waals surface area (Å²) in [4.78, 5) is 17.2. The lowest BCUT2D eigenvalue weighted by Gasteiger charge is -2.06. The fourth-order valence-electron chi connectivity index (χ4n) is 2.11. The summed E-state index contributed by atoms with van der Waals surface area (Å²) in [5.74, 6) is -0.184. The van der Waals surface area contributed by atoms with Gasteiger partial charge in [-0.15, -0.1) is 11.3 Å². The third-order valence-corrected chi connectivity index (χ3v) is 4.24. The van der Waals surface area contributed by atoms with Crippen LogP contribution in [0.5, 0.6) is 0 Å². The first-order chi connectivity index (χ1) is 8.79. The topological polar surface area (TPSA) is 65.8 Å². The predicted octanol–water partition coefficient (Wildman–Crippen LogP) is 1.98. The highest BCUT2D eigenvalue weighted by molar-refractivity contribution is 7.11. The summed E-state index contributed by atoms with van der Waals surface area (Å²) in [7, 11) is 0. The number of nitrogens with zero attached hydrogens (tertiary/aromatic N) is 2. The molecule has 18 heavy (non-hydrogen) atoms. The minimum atomic E-state index is -0.184. The van der Waals surface area contributed by atoms with Crippen LogP contribution in [0.25, 0.3) is 0 Å². The highest BCUT2D eigenvalue weighted by Crippen LogP contribution is 2.27. The number of nitriles is 1. The van der Waals surface area contributed by atoms with Crippen LogP contribution in [0.2, 0.25) is 0 Å². The van der Waals surface area contributed by atoms with Crippen LogP contribution in [0.3, 0.4) is 0 Å². The van der Waals surface area contributed by atoms with Crippen LogP contribution in [0.4, 0.5) is 0 Å². The molecule has 0 saturated heterocycles. The van der Waals surface area contributed by atoms with Gasteiger partial charge in [0.05, 0.1) is 16.8 Å². The summed E-state index contributed by atoms with van der Waals surface area (Å²) in [6.45, 7) is 0.630. The van der Waals surface area contributed by atoms with Gasteiger partial charge in [0.25, 0.3) is 0 Å². The summed E-state index contributed by atoms with van der Waals surface area (Å²) in [6, 6.07) is 1.84. The summed E-state index contributed by atoms with van der Waals surface area (Å²) in [5.41, 5.74) is 1.30. The van der Waals surface area contributed by atoms with E-state index in [1.165, 1.54) is 34.8 Å². The van der Waals surface area contributed by atoms with Crippen molar-refractivity contribution in [3.05, 3.63) is 15.6 Å². The Morgan fingerprint density at radius 2 is 2.28 bits per heavy atom. The van der Waals surface area contributed by atoms with Crippen LogP contribution in [0.15, 0.2) is 0 Å². The number of amides is 1. The van der Waals surface area contributed by atoms with Gasteiger partial charge in [0, 0.05) is 17.8 Å². The van der Waals surface area contributed by atoms with Crippen molar-refractivity contribution >= 4 is 17.2 Å². The van der Waals surface area contributed by atoms with Gasteiger partial charge in [-0.3, -0.25) is 4.79 Å². The third-order valence-electron chi connectivity index (χ3n) is 3.02. The maximum atomic E-state index is 11.1. The first kappa shape index (κ1) is 13.0. The molecule has 4 nitrogen and oxygen atoms in total. The number of carbonyl (C=O) groups is 1. The highest BCUT2D eigenvalue weighted by Gasteiger charge is 2.14. The molecule has 0 radical (unpaired) electrons. The van der Waals surface area contributed by atoms with Crippen molar-refractivity contribution in [1.82, 2.24) is 10.3 Å². The Bertz CT molecular complexity index is 438. The average molecular weight is 263 g/mol. The number of thiazole rings is 1. The van der Waals surface area contributed by atoms with E-state index in [0.717, 1.165) is 19.3 Å². The van der Waals surface area contributed by atoms with Crippen LogP contribution in [-0.2, 0) is 24.1 Å². The molecule has 1 amide bonds. The number of fused-ring (bicyclic) bond motifs is 1. The molecule has 0 fully saturated rings. The Kier molecular flexibility index (Phi) is 4.71. The predicted molar refractivity (Wildman–Crippen MR) is 70.3 cm³/mol. The molecular weight excluding hydrogens is 246 g/mol. The smallest absolute Gasteiger partial charge is 0.234 e. The second-order valence-electron chi connectivity index (χ2n) is 4.47. The van der Waals surface area contributed by atoms with Crippen molar-refractivity contribution in [3.63, 3.8) is 0 Å². The number of aryl methyl sites for hydroxylation is 3. The maximum Gasteiger partial charge on any atom is 0.234 e. The van der Waals surface area contributed by atoms with Crippen molar-refractivity contribution in [2.24, 2.45) is 0 Å². The lowest BCUT2D eigenvalue weighted by atomic mass is 10.0. The van der Waals surface area contributed by atoms with E-state index in [9.17, 15) is 4.79 Å². The largest absolute Gasteiger partial charge is 0.355 e. The minimum absolute atomic E-state index is 0.0501. The Balaban J connectivity index is 1.72. The summed E-state index contributed by atoms with van der Waals surface area (Å²) in [6.07, 6.45) is 6.63. The number of hydrogen-bond acceptors (Lipinski definition) is 4. The fraction of sp³-hybridized carbons (Fsp3) is 0.615. The molecule has 0 atom stereocenters. The normalized spacial score (nSPS) is 13.7. The molecule has 0 saturated carbocycles. The molecular formula is C13H17N3OS. The Labute approximate surface area is 111 Å². The van der Waals surface area contributed by atoms with Gasteiger partial charge in [-0.1, -0.05) is 0 Å². The zero-order chi connectivity index (χ0) is 12.8. The molecule has 1 aliphatic carbocycles. The molecule has 1 aromatic heterocycles. The standard InChI is InChI=1S/C13H17N3OS/c14-8-7-12(17)15-9-3-6-13-16-10-4-1-2-5-11(10)18-13/h1-7,9H2,(H,15,17). The van der Waals surface area contributed by atoms with Crippen LogP contribution in [0.1, 0.15) is 41.3 Å². The van der Waals surface area contributed by atoms with Crippen molar-refractivity contribution < 1.29 is 4.79 Å². The number of aromatic nitrogens is 1. The van der Waals surface area contributed by atoms with Gasteiger partial charge in [-0.2, -0.15) is 5.26 Å². The first-order valence-corrected chi connectivity index (χ1v) is 7.22. The Morgan fingerprint density at radius 3 is 3.06 bits per heavy atom. The van der Waals surface area contributed by atoms with Gasteiger partial charge in [0.1, 0.15) is 6.42 Å². The molecule has 0 aliphatic heterocycles. The average Bonchev–Trinajstić information content (AvgIpc) is 2.77. The Morgan fingerprint density at radius 1 is 1.44 bits per heavy atom. The van der Waals surface area contributed by atoms with E-state index in [1.807, 2.05) is 17.4 Å². The third kappa shape index (κ3) is 3.54. The summed E-state index contributed by atoms with van der Waals surface area (Å²) < 4.78 is 0.